The molecule has 0 fully saturated rings. The van der Waals surface area contributed by atoms with Gasteiger partial charge in [0.2, 0.25) is 0 Å². The standard InChI is InChI=1S/C3H3F3O2.K/c4-1-3(5,6)2(7)8;/h1H2,(H,7,8);/q;+1/p-1. The first-order valence-electron chi connectivity index (χ1n) is 1.66. The van der Waals surface area contributed by atoms with E-state index in [1.165, 1.54) is 0 Å². The molecule has 0 aromatic rings. The number of rotatable bonds is 2. The van der Waals surface area contributed by atoms with Gasteiger partial charge >= 0.3 is 57.3 Å². The van der Waals surface area contributed by atoms with Crippen LogP contribution in [0.25, 0.3) is 0 Å². The minimum Gasteiger partial charge on any atom is -0.544 e. The first kappa shape index (κ1) is 12.6. The van der Waals surface area contributed by atoms with E-state index in [1.54, 1.807) is 0 Å². The van der Waals surface area contributed by atoms with Crippen LogP contribution in [0.3, 0.4) is 0 Å². The Kier molecular flexibility index (Phi) is 6.52. The van der Waals surface area contributed by atoms with E-state index >= 15 is 0 Å². The smallest absolute Gasteiger partial charge is 0.544 e. The van der Waals surface area contributed by atoms with Gasteiger partial charge in [0.1, 0.15) is 5.97 Å². The van der Waals surface area contributed by atoms with Crippen molar-refractivity contribution in [2.45, 2.75) is 5.92 Å². The van der Waals surface area contributed by atoms with Gasteiger partial charge in [-0.25, -0.2) is 4.39 Å². The molecule has 0 spiro atoms. The molecule has 0 heterocycles. The predicted octanol–water partition coefficient (Wildman–Crippen LogP) is -3.65. The zero-order valence-corrected chi connectivity index (χ0v) is 7.78. The van der Waals surface area contributed by atoms with Crippen LogP contribution in [0.4, 0.5) is 13.2 Å². The molecule has 0 amide bonds. The van der Waals surface area contributed by atoms with Gasteiger partial charge < -0.3 is 9.90 Å². The van der Waals surface area contributed by atoms with Gasteiger partial charge in [-0.15, -0.1) is 0 Å². The molecule has 2 nitrogen and oxygen atoms in total. The molecule has 0 aliphatic carbocycles. The molecular weight excluding hydrogens is 164 g/mol. The fourth-order valence-electron chi connectivity index (χ4n) is 0.0546. The fraction of sp³-hybridized carbons (Fsp3) is 0.667. The summed E-state index contributed by atoms with van der Waals surface area (Å²) in [5, 5.41) is 9.15. The van der Waals surface area contributed by atoms with Crippen LogP contribution < -0.4 is 56.5 Å². The van der Waals surface area contributed by atoms with Crippen LogP contribution in [-0.4, -0.2) is 18.6 Å². The summed E-state index contributed by atoms with van der Waals surface area (Å²) in [6.07, 6.45) is 0. The van der Waals surface area contributed by atoms with Gasteiger partial charge in [0.25, 0.3) is 0 Å². The summed E-state index contributed by atoms with van der Waals surface area (Å²) >= 11 is 0. The summed E-state index contributed by atoms with van der Waals surface area (Å²) in [5.74, 6) is -7.00. The average Bonchev–Trinajstić information content (AvgIpc) is 1.67. The Morgan fingerprint density at radius 3 is 1.89 bits per heavy atom. The Morgan fingerprint density at radius 1 is 1.56 bits per heavy atom. The van der Waals surface area contributed by atoms with Crippen molar-refractivity contribution in [1.29, 1.82) is 0 Å². The molecule has 0 aliphatic heterocycles. The zero-order valence-electron chi connectivity index (χ0n) is 4.66. The molecule has 0 saturated heterocycles. The summed E-state index contributed by atoms with van der Waals surface area (Å²) in [6, 6.07) is 0. The molecule has 0 aliphatic rings. The summed E-state index contributed by atoms with van der Waals surface area (Å²) in [5.41, 5.74) is 0. The van der Waals surface area contributed by atoms with Crippen LogP contribution in [0.15, 0.2) is 0 Å². The molecule has 0 rings (SSSR count). The number of carbonyl (C=O) groups is 1. The van der Waals surface area contributed by atoms with Crippen molar-refractivity contribution in [3.63, 3.8) is 0 Å². The van der Waals surface area contributed by atoms with Crippen molar-refractivity contribution in [2.75, 3.05) is 6.67 Å². The molecule has 0 unspecified atom stereocenters. The van der Waals surface area contributed by atoms with Crippen molar-refractivity contribution in [3.8, 4) is 0 Å². The van der Waals surface area contributed by atoms with Crippen LogP contribution in [0.5, 0.6) is 0 Å². The van der Waals surface area contributed by atoms with Crippen molar-refractivity contribution < 1.29 is 74.5 Å². The molecule has 0 aromatic carbocycles. The number of halogens is 3. The molecule has 48 valence electrons. The van der Waals surface area contributed by atoms with Gasteiger partial charge in [0, 0.05) is 0 Å². The summed E-state index contributed by atoms with van der Waals surface area (Å²) in [7, 11) is 0. The van der Waals surface area contributed by atoms with Gasteiger partial charge in [0.05, 0.1) is 0 Å². The van der Waals surface area contributed by atoms with Crippen LogP contribution in [0, 0.1) is 0 Å². The number of carbonyl (C=O) groups excluding carboxylic acids is 1. The molecule has 0 atom stereocenters. The van der Waals surface area contributed by atoms with E-state index in [-0.39, 0.29) is 51.4 Å². The first-order valence-corrected chi connectivity index (χ1v) is 1.66. The molecule has 0 N–H and O–H groups in total. The Morgan fingerprint density at radius 2 is 1.89 bits per heavy atom. The first-order chi connectivity index (χ1) is 3.50. The van der Waals surface area contributed by atoms with Gasteiger partial charge in [0.15, 0.2) is 6.67 Å². The van der Waals surface area contributed by atoms with E-state index in [0.29, 0.717) is 0 Å². The maximum Gasteiger partial charge on any atom is 1.00 e. The Balaban J connectivity index is 0. The number of hydrogen-bond acceptors (Lipinski definition) is 2. The maximum absolute atomic E-state index is 11.2. The Labute approximate surface area is 91.8 Å². The molecule has 6 heteroatoms. The van der Waals surface area contributed by atoms with Crippen molar-refractivity contribution in [2.24, 2.45) is 0 Å². The number of hydrogen-bond donors (Lipinski definition) is 0. The second-order valence-electron chi connectivity index (χ2n) is 1.13. The number of carboxylic acids is 1. The van der Waals surface area contributed by atoms with Crippen LogP contribution in [0.1, 0.15) is 0 Å². The third-order valence-corrected chi connectivity index (χ3v) is 0.466. The Hall–Kier alpha value is 0.896. The van der Waals surface area contributed by atoms with E-state index in [9.17, 15) is 13.2 Å². The fourth-order valence-corrected chi connectivity index (χ4v) is 0.0546. The quantitative estimate of drug-likeness (QED) is 0.397. The van der Waals surface area contributed by atoms with Crippen LogP contribution in [-0.2, 0) is 4.79 Å². The monoisotopic (exact) mass is 166 g/mol. The molecule has 9 heavy (non-hydrogen) atoms. The third kappa shape index (κ3) is 4.32. The number of carboxylic acid groups (broad SMARTS) is 1. The van der Waals surface area contributed by atoms with Gasteiger partial charge in [-0.05, 0) is 0 Å². The van der Waals surface area contributed by atoms with Crippen molar-refractivity contribution >= 4 is 5.97 Å². The SMILES string of the molecule is O=C([O-])C(F)(F)CF.[K+]. The van der Waals surface area contributed by atoms with Crippen LogP contribution in [0.2, 0.25) is 0 Å². The molecule has 0 aromatic heterocycles. The third-order valence-electron chi connectivity index (χ3n) is 0.466. The predicted molar refractivity (Wildman–Crippen MR) is 15.9 cm³/mol. The van der Waals surface area contributed by atoms with E-state index in [0.717, 1.165) is 0 Å². The van der Waals surface area contributed by atoms with E-state index in [2.05, 4.69) is 0 Å². The minimum absolute atomic E-state index is 0. The molecule has 0 saturated carbocycles. The van der Waals surface area contributed by atoms with Crippen molar-refractivity contribution in [3.05, 3.63) is 0 Å². The topological polar surface area (TPSA) is 40.1 Å². The van der Waals surface area contributed by atoms with Crippen molar-refractivity contribution in [1.82, 2.24) is 0 Å². The van der Waals surface area contributed by atoms with E-state index < -0.39 is 18.6 Å². The van der Waals surface area contributed by atoms with Crippen LogP contribution >= 0.6 is 0 Å². The second-order valence-corrected chi connectivity index (χ2v) is 1.13. The average molecular weight is 166 g/mol. The molecule has 0 radical (unpaired) electrons. The zero-order chi connectivity index (χ0) is 6.78. The molecular formula is C3H2F3KO2. The summed E-state index contributed by atoms with van der Waals surface area (Å²) in [4.78, 5) is 9.15. The number of alkyl halides is 3. The van der Waals surface area contributed by atoms with Gasteiger partial charge in [-0.2, -0.15) is 8.78 Å². The summed E-state index contributed by atoms with van der Waals surface area (Å²) < 4.78 is 33.3. The van der Waals surface area contributed by atoms with E-state index in [1.807, 2.05) is 0 Å². The van der Waals surface area contributed by atoms with E-state index in [4.69, 9.17) is 9.90 Å². The van der Waals surface area contributed by atoms with Gasteiger partial charge in [-0.1, -0.05) is 0 Å². The second kappa shape index (κ2) is 4.67. The minimum atomic E-state index is -4.32. The Bertz CT molecular complexity index is 105. The van der Waals surface area contributed by atoms with Gasteiger partial charge in [-0.3, -0.25) is 0 Å². The largest absolute Gasteiger partial charge is 1.00 e. The number of aliphatic carboxylic acids is 1. The maximum atomic E-state index is 11.2. The molecule has 0 bridgehead atoms. The summed E-state index contributed by atoms with van der Waals surface area (Å²) in [6.45, 7) is -2.21. The normalized spacial score (nSPS) is 10.1.